The van der Waals surface area contributed by atoms with Crippen molar-refractivity contribution in [3.8, 4) is 0 Å². The van der Waals surface area contributed by atoms with E-state index >= 15 is 0 Å². The summed E-state index contributed by atoms with van der Waals surface area (Å²) < 4.78 is 29.0. The van der Waals surface area contributed by atoms with Gasteiger partial charge in [-0.2, -0.15) is 0 Å². The van der Waals surface area contributed by atoms with Crippen molar-refractivity contribution < 1.29 is 13.2 Å². The number of likely N-dealkylation sites (N-methyl/N-ethyl adjacent to an activating group) is 1. The fraction of sp³-hybridized carbons (Fsp3) is 0.571. The van der Waals surface area contributed by atoms with Crippen molar-refractivity contribution in [1.29, 1.82) is 0 Å². The number of morpholine rings is 1. The molecule has 1 atom stereocenters. The second-order valence-electron chi connectivity index (χ2n) is 5.26. The summed E-state index contributed by atoms with van der Waals surface area (Å²) in [5, 5.41) is 3.20. The zero-order chi connectivity index (χ0) is 15.5. The number of ether oxygens (including phenoxy) is 1. The molecule has 1 aliphatic heterocycles. The molecule has 0 bridgehead atoms. The van der Waals surface area contributed by atoms with Crippen molar-refractivity contribution in [2.45, 2.75) is 17.9 Å². The van der Waals surface area contributed by atoms with Gasteiger partial charge in [-0.1, -0.05) is 13.0 Å². The van der Waals surface area contributed by atoms with Crippen LogP contribution in [0.15, 0.2) is 23.1 Å². The van der Waals surface area contributed by atoms with Crippen LogP contribution in [0.3, 0.4) is 0 Å². The second kappa shape index (κ2) is 6.64. The lowest BCUT2D eigenvalue weighted by molar-refractivity contribution is -0.0191. The number of benzene rings is 1. The Morgan fingerprint density at radius 1 is 1.48 bits per heavy atom. The highest BCUT2D eigenvalue weighted by atomic mass is 32.2. The molecule has 1 aromatic rings. The van der Waals surface area contributed by atoms with E-state index in [9.17, 15) is 8.42 Å². The average Bonchev–Trinajstić information content (AvgIpc) is 2.45. The summed E-state index contributed by atoms with van der Waals surface area (Å²) >= 11 is 0. The SMILES string of the molecule is CCN1CCOC(CNc2cccc(S(C)(=O)=O)c2N)C1. The topological polar surface area (TPSA) is 84.7 Å². The van der Waals surface area contributed by atoms with Crippen LogP contribution in [0.2, 0.25) is 0 Å². The number of sulfone groups is 1. The van der Waals surface area contributed by atoms with Crippen LogP contribution in [0, 0.1) is 0 Å². The predicted molar refractivity (Wildman–Crippen MR) is 84.3 cm³/mol. The van der Waals surface area contributed by atoms with Gasteiger partial charge in [0.15, 0.2) is 9.84 Å². The maximum atomic E-state index is 11.7. The zero-order valence-electron chi connectivity index (χ0n) is 12.5. The molecule has 2 rings (SSSR count). The Morgan fingerprint density at radius 2 is 2.24 bits per heavy atom. The van der Waals surface area contributed by atoms with Crippen molar-refractivity contribution in [1.82, 2.24) is 4.90 Å². The van der Waals surface area contributed by atoms with E-state index < -0.39 is 9.84 Å². The lowest BCUT2D eigenvalue weighted by Crippen LogP contribution is -2.45. The largest absolute Gasteiger partial charge is 0.396 e. The van der Waals surface area contributed by atoms with Gasteiger partial charge in [0.25, 0.3) is 0 Å². The standard InChI is InChI=1S/C14H23N3O3S/c1-3-17-7-8-20-11(10-17)9-16-12-5-4-6-13(14(12)15)21(2,18)19/h4-6,11,16H,3,7-10,15H2,1-2H3. The zero-order valence-corrected chi connectivity index (χ0v) is 13.3. The number of hydrogen-bond acceptors (Lipinski definition) is 6. The molecule has 21 heavy (non-hydrogen) atoms. The molecule has 118 valence electrons. The van der Waals surface area contributed by atoms with Crippen LogP contribution in [0.4, 0.5) is 11.4 Å². The number of anilines is 2. The molecule has 1 fully saturated rings. The van der Waals surface area contributed by atoms with Crippen LogP contribution in [-0.2, 0) is 14.6 Å². The first-order chi connectivity index (χ1) is 9.91. The van der Waals surface area contributed by atoms with Gasteiger partial charge in [0.05, 0.1) is 29.0 Å². The maximum Gasteiger partial charge on any atom is 0.177 e. The highest BCUT2D eigenvalue weighted by molar-refractivity contribution is 7.90. The molecule has 1 aliphatic rings. The Labute approximate surface area is 126 Å². The smallest absolute Gasteiger partial charge is 0.177 e. The van der Waals surface area contributed by atoms with Crippen LogP contribution >= 0.6 is 0 Å². The number of nitrogens with zero attached hydrogens (tertiary/aromatic N) is 1. The monoisotopic (exact) mass is 313 g/mol. The molecule has 1 aromatic carbocycles. The van der Waals surface area contributed by atoms with Crippen molar-refractivity contribution in [3.63, 3.8) is 0 Å². The van der Waals surface area contributed by atoms with Gasteiger partial charge in [0.2, 0.25) is 0 Å². The Balaban J connectivity index is 2.04. The molecular formula is C14H23N3O3S. The van der Waals surface area contributed by atoms with Gasteiger partial charge in [-0.25, -0.2) is 8.42 Å². The molecule has 7 heteroatoms. The quantitative estimate of drug-likeness (QED) is 0.782. The molecule has 0 amide bonds. The lowest BCUT2D eigenvalue weighted by Gasteiger charge is -2.32. The molecule has 1 unspecified atom stereocenters. The predicted octanol–water partition coefficient (Wildman–Crippen LogP) is 0.805. The van der Waals surface area contributed by atoms with Crippen molar-refractivity contribution in [3.05, 3.63) is 18.2 Å². The average molecular weight is 313 g/mol. The molecule has 0 aromatic heterocycles. The van der Waals surface area contributed by atoms with E-state index in [1.165, 1.54) is 6.07 Å². The van der Waals surface area contributed by atoms with E-state index in [4.69, 9.17) is 10.5 Å². The summed E-state index contributed by atoms with van der Waals surface area (Å²) in [6, 6.07) is 4.99. The van der Waals surface area contributed by atoms with Crippen LogP contribution < -0.4 is 11.1 Å². The molecule has 1 heterocycles. The van der Waals surface area contributed by atoms with Crippen molar-refractivity contribution >= 4 is 21.2 Å². The number of para-hydroxylation sites is 1. The third-order valence-corrected chi connectivity index (χ3v) is 4.81. The molecule has 0 saturated carbocycles. The number of nitrogen functional groups attached to an aromatic ring is 1. The summed E-state index contributed by atoms with van der Waals surface area (Å²) in [6.45, 7) is 6.29. The highest BCUT2D eigenvalue weighted by Crippen LogP contribution is 2.26. The Kier molecular flexibility index (Phi) is 5.08. The highest BCUT2D eigenvalue weighted by Gasteiger charge is 2.20. The minimum atomic E-state index is -3.32. The molecule has 0 radical (unpaired) electrons. The van der Waals surface area contributed by atoms with Gasteiger partial charge < -0.3 is 15.8 Å². The Hall–Kier alpha value is -1.31. The van der Waals surface area contributed by atoms with Gasteiger partial charge in [-0.3, -0.25) is 4.90 Å². The molecule has 0 spiro atoms. The first-order valence-corrected chi connectivity index (χ1v) is 8.97. The maximum absolute atomic E-state index is 11.7. The summed E-state index contributed by atoms with van der Waals surface area (Å²) in [4.78, 5) is 2.49. The van der Waals surface area contributed by atoms with E-state index in [1.807, 2.05) is 0 Å². The Bertz CT molecular complexity index is 589. The summed E-state index contributed by atoms with van der Waals surface area (Å²) in [6.07, 6.45) is 1.24. The fourth-order valence-electron chi connectivity index (χ4n) is 2.44. The lowest BCUT2D eigenvalue weighted by atomic mass is 10.2. The first kappa shape index (κ1) is 16.1. The van der Waals surface area contributed by atoms with Crippen LogP contribution in [0.5, 0.6) is 0 Å². The third-order valence-electron chi connectivity index (χ3n) is 3.66. The number of hydrogen-bond donors (Lipinski definition) is 2. The minimum absolute atomic E-state index is 0.0833. The minimum Gasteiger partial charge on any atom is -0.396 e. The van der Waals surface area contributed by atoms with Gasteiger partial charge >= 0.3 is 0 Å². The van der Waals surface area contributed by atoms with Gasteiger partial charge in [-0.15, -0.1) is 0 Å². The summed E-state index contributed by atoms with van der Waals surface area (Å²) in [5.74, 6) is 0. The van der Waals surface area contributed by atoms with Crippen molar-refractivity contribution in [2.75, 3.05) is 50.1 Å². The van der Waals surface area contributed by atoms with E-state index in [-0.39, 0.29) is 16.7 Å². The van der Waals surface area contributed by atoms with E-state index in [2.05, 4.69) is 17.1 Å². The fourth-order valence-corrected chi connectivity index (χ4v) is 3.27. The first-order valence-electron chi connectivity index (χ1n) is 7.08. The Morgan fingerprint density at radius 3 is 2.90 bits per heavy atom. The van der Waals surface area contributed by atoms with Gasteiger partial charge in [-0.05, 0) is 18.7 Å². The van der Waals surface area contributed by atoms with Crippen LogP contribution in [-0.4, -0.2) is 58.5 Å². The number of rotatable bonds is 5. The third kappa shape index (κ3) is 4.09. The van der Waals surface area contributed by atoms with E-state index in [1.54, 1.807) is 12.1 Å². The van der Waals surface area contributed by atoms with Gasteiger partial charge in [0, 0.05) is 25.9 Å². The summed E-state index contributed by atoms with van der Waals surface area (Å²) in [5.41, 5.74) is 6.85. The summed E-state index contributed by atoms with van der Waals surface area (Å²) in [7, 11) is -3.32. The van der Waals surface area contributed by atoms with Crippen LogP contribution in [0.1, 0.15) is 6.92 Å². The molecule has 3 N–H and O–H groups in total. The normalized spacial score (nSPS) is 20.4. The van der Waals surface area contributed by atoms with Gasteiger partial charge in [0.1, 0.15) is 0 Å². The molecular weight excluding hydrogens is 290 g/mol. The number of nitrogens with one attached hydrogen (secondary N) is 1. The molecule has 1 saturated heterocycles. The van der Waals surface area contributed by atoms with E-state index in [0.29, 0.717) is 12.2 Å². The molecule has 0 aliphatic carbocycles. The number of nitrogens with two attached hydrogens (primary N) is 1. The van der Waals surface area contributed by atoms with Crippen LogP contribution in [0.25, 0.3) is 0 Å². The molecule has 6 nitrogen and oxygen atoms in total. The second-order valence-corrected chi connectivity index (χ2v) is 7.24. The van der Waals surface area contributed by atoms with E-state index in [0.717, 1.165) is 32.5 Å². The van der Waals surface area contributed by atoms with Crippen molar-refractivity contribution in [2.24, 2.45) is 0 Å².